The zero-order valence-electron chi connectivity index (χ0n) is 20.9. The normalized spacial score (nSPS) is 20.1. The van der Waals surface area contributed by atoms with Crippen molar-refractivity contribution < 1.29 is 18.7 Å². The number of benzene rings is 2. The molecule has 2 aromatic carbocycles. The maximum atomic E-state index is 13.5. The molecule has 0 bridgehead atoms. The Labute approximate surface area is 220 Å². The van der Waals surface area contributed by atoms with Gasteiger partial charge in [-0.25, -0.2) is 4.99 Å². The van der Waals surface area contributed by atoms with E-state index in [4.69, 9.17) is 20.8 Å². The Balaban J connectivity index is 1.27. The van der Waals surface area contributed by atoms with Crippen LogP contribution in [-0.2, 0) is 16.1 Å². The van der Waals surface area contributed by atoms with Crippen molar-refractivity contribution in [2.45, 2.75) is 31.9 Å². The van der Waals surface area contributed by atoms with Crippen LogP contribution in [0.5, 0.6) is 0 Å². The summed E-state index contributed by atoms with van der Waals surface area (Å²) in [5.74, 6) is 0.129. The Morgan fingerprint density at radius 2 is 1.97 bits per heavy atom. The molecular formula is C28H29ClN4O4. The number of amides is 2. The predicted octanol–water partition coefficient (Wildman–Crippen LogP) is 4.56. The largest absolute Gasteiger partial charge is 0.451 e. The molecule has 1 fully saturated rings. The van der Waals surface area contributed by atoms with E-state index in [0.29, 0.717) is 42.5 Å². The van der Waals surface area contributed by atoms with Gasteiger partial charge in [-0.3, -0.25) is 14.6 Å². The van der Waals surface area contributed by atoms with Gasteiger partial charge in [-0.15, -0.1) is 0 Å². The molecule has 0 N–H and O–H groups in total. The van der Waals surface area contributed by atoms with Gasteiger partial charge in [-0.2, -0.15) is 0 Å². The second-order valence-corrected chi connectivity index (χ2v) is 9.81. The van der Waals surface area contributed by atoms with Gasteiger partial charge in [-0.05, 0) is 37.1 Å². The molecule has 3 heterocycles. The number of nitrogens with zero attached hydrogens (tertiary/aromatic N) is 4. The molecule has 3 aromatic rings. The number of carbonyl (C=O) groups is 2. The third-order valence-corrected chi connectivity index (χ3v) is 7.14. The lowest BCUT2D eigenvalue weighted by Crippen LogP contribution is -2.56. The molecule has 2 aliphatic heterocycles. The third kappa shape index (κ3) is 5.17. The molecular weight excluding hydrogens is 492 g/mol. The van der Waals surface area contributed by atoms with E-state index in [0.717, 1.165) is 22.9 Å². The number of ether oxygens (including phenoxy) is 1. The highest BCUT2D eigenvalue weighted by atomic mass is 35.5. The smallest absolute Gasteiger partial charge is 0.291 e. The van der Waals surface area contributed by atoms with Crippen LogP contribution < -0.4 is 0 Å². The minimum atomic E-state index is -0.217. The van der Waals surface area contributed by atoms with Crippen LogP contribution in [0.25, 0.3) is 11.0 Å². The first-order chi connectivity index (χ1) is 18.0. The van der Waals surface area contributed by atoms with Crippen LogP contribution in [0.2, 0.25) is 5.02 Å². The molecule has 0 aliphatic carbocycles. The topological polar surface area (TPSA) is 87.7 Å². The van der Waals surface area contributed by atoms with Crippen molar-refractivity contribution in [1.29, 1.82) is 0 Å². The van der Waals surface area contributed by atoms with Gasteiger partial charge in [-0.1, -0.05) is 41.9 Å². The van der Waals surface area contributed by atoms with Crippen molar-refractivity contribution in [2.24, 2.45) is 9.98 Å². The first-order valence-electron chi connectivity index (χ1n) is 12.4. The van der Waals surface area contributed by atoms with Crippen molar-refractivity contribution in [1.82, 2.24) is 9.80 Å². The number of furan rings is 1. The lowest BCUT2D eigenvalue weighted by molar-refractivity contribution is -0.126. The van der Waals surface area contributed by atoms with Gasteiger partial charge < -0.3 is 19.0 Å². The number of amidine groups is 1. The minimum absolute atomic E-state index is 0.0475. The van der Waals surface area contributed by atoms with Crippen LogP contribution in [0, 0.1) is 0 Å². The Bertz CT molecular complexity index is 1380. The van der Waals surface area contributed by atoms with Crippen molar-refractivity contribution >= 4 is 46.4 Å². The highest BCUT2D eigenvalue weighted by molar-refractivity contribution is 6.39. The lowest BCUT2D eigenvalue weighted by atomic mass is 9.97. The maximum absolute atomic E-state index is 13.5. The number of carbonyl (C=O) groups excluding carboxylic acids is 2. The van der Waals surface area contributed by atoms with Crippen LogP contribution >= 0.6 is 11.6 Å². The molecule has 0 radical (unpaired) electrons. The summed E-state index contributed by atoms with van der Waals surface area (Å²) in [6.07, 6.45) is 2.54. The molecule has 2 aliphatic rings. The average molecular weight is 521 g/mol. The number of fused-ring (bicyclic) bond motifs is 1. The van der Waals surface area contributed by atoms with Crippen molar-refractivity contribution in [2.75, 3.05) is 33.3 Å². The van der Waals surface area contributed by atoms with E-state index in [1.54, 1.807) is 23.1 Å². The summed E-state index contributed by atoms with van der Waals surface area (Å²) in [5, 5.41) is 1.54. The van der Waals surface area contributed by atoms with Crippen molar-refractivity contribution in [3.8, 4) is 0 Å². The van der Waals surface area contributed by atoms with Crippen LogP contribution in [0.3, 0.4) is 0 Å². The van der Waals surface area contributed by atoms with Gasteiger partial charge >= 0.3 is 0 Å². The number of halogens is 1. The van der Waals surface area contributed by atoms with E-state index in [1.807, 2.05) is 55.5 Å². The first-order valence-corrected chi connectivity index (χ1v) is 12.8. The van der Waals surface area contributed by atoms with E-state index < -0.39 is 0 Å². The van der Waals surface area contributed by atoms with Gasteiger partial charge in [0, 0.05) is 67.4 Å². The zero-order chi connectivity index (χ0) is 25.9. The molecule has 0 spiro atoms. The highest BCUT2D eigenvalue weighted by Gasteiger charge is 2.34. The molecule has 8 nitrogen and oxygen atoms in total. The Kier molecular flexibility index (Phi) is 7.39. The molecule has 192 valence electrons. The fourth-order valence-electron chi connectivity index (χ4n) is 4.97. The van der Waals surface area contributed by atoms with Crippen LogP contribution in [0.1, 0.15) is 40.9 Å². The molecule has 9 heteroatoms. The summed E-state index contributed by atoms with van der Waals surface area (Å²) in [6.45, 7) is 3.87. The van der Waals surface area contributed by atoms with Crippen LogP contribution in [0.4, 0.5) is 0 Å². The summed E-state index contributed by atoms with van der Waals surface area (Å²) in [6, 6.07) is 15.0. The molecule has 1 aromatic heterocycles. The SMILES string of the molecule is COCc1c(C(=O)N2CCN(C(=O)C3=NCCC(c4cccc(Cl)c4)C=N3)CC2C)oc2ccccc12. The van der Waals surface area contributed by atoms with Gasteiger partial charge in [0.15, 0.2) is 5.76 Å². The number of rotatable bonds is 5. The zero-order valence-corrected chi connectivity index (χ0v) is 21.6. The number of methoxy groups -OCH3 is 1. The van der Waals surface area contributed by atoms with Crippen molar-refractivity contribution in [3.63, 3.8) is 0 Å². The summed E-state index contributed by atoms with van der Waals surface area (Å²) in [4.78, 5) is 39.2. The first kappa shape index (κ1) is 25.2. The maximum Gasteiger partial charge on any atom is 0.291 e. The molecule has 5 rings (SSSR count). The highest BCUT2D eigenvalue weighted by Crippen LogP contribution is 2.29. The lowest BCUT2D eigenvalue weighted by Gasteiger charge is -2.39. The minimum Gasteiger partial charge on any atom is -0.451 e. The monoisotopic (exact) mass is 520 g/mol. The molecule has 2 unspecified atom stereocenters. The second-order valence-electron chi connectivity index (χ2n) is 9.37. The molecule has 0 saturated carbocycles. The van der Waals surface area contributed by atoms with E-state index in [2.05, 4.69) is 9.98 Å². The fraction of sp³-hybridized carbons (Fsp3) is 0.357. The Morgan fingerprint density at radius 3 is 2.76 bits per heavy atom. The molecule has 2 amide bonds. The van der Waals surface area contributed by atoms with E-state index in [9.17, 15) is 9.59 Å². The van der Waals surface area contributed by atoms with Gasteiger partial charge in [0.05, 0.1) is 6.61 Å². The summed E-state index contributed by atoms with van der Waals surface area (Å²) in [5.41, 5.74) is 2.45. The average Bonchev–Trinajstić information content (AvgIpc) is 3.08. The van der Waals surface area contributed by atoms with E-state index >= 15 is 0 Å². The molecule has 2 atom stereocenters. The van der Waals surface area contributed by atoms with Crippen LogP contribution in [0.15, 0.2) is 62.9 Å². The predicted molar refractivity (Wildman–Crippen MR) is 144 cm³/mol. The number of hydrogen-bond acceptors (Lipinski definition) is 6. The van der Waals surface area contributed by atoms with Gasteiger partial charge in [0.1, 0.15) is 5.58 Å². The fourth-order valence-corrected chi connectivity index (χ4v) is 5.17. The Hall–Kier alpha value is -3.49. The third-order valence-electron chi connectivity index (χ3n) is 6.90. The number of aliphatic imine (C=N–C) groups is 2. The van der Waals surface area contributed by atoms with E-state index in [-0.39, 0.29) is 36.2 Å². The number of piperazine rings is 1. The van der Waals surface area contributed by atoms with Gasteiger partial charge in [0.2, 0.25) is 5.84 Å². The molecule has 1 saturated heterocycles. The van der Waals surface area contributed by atoms with E-state index in [1.165, 1.54) is 0 Å². The number of para-hydroxylation sites is 1. The quantitative estimate of drug-likeness (QED) is 0.493. The number of hydrogen-bond donors (Lipinski definition) is 0. The van der Waals surface area contributed by atoms with Gasteiger partial charge in [0.25, 0.3) is 11.8 Å². The summed E-state index contributed by atoms with van der Waals surface area (Å²) >= 11 is 6.14. The Morgan fingerprint density at radius 1 is 1.14 bits per heavy atom. The standard InChI is InChI=1S/C28H29ClN4O4/c1-18-16-32(28(35)26-30-11-10-20(15-31-26)19-6-5-7-21(29)14-19)12-13-33(18)27(34)25-23(17-36-2)22-8-3-4-9-24(22)37-25/h3-9,14-15,18,20H,10-13,16-17H2,1-2H3. The van der Waals surface area contributed by atoms with Crippen LogP contribution in [-0.4, -0.2) is 73.0 Å². The summed E-state index contributed by atoms with van der Waals surface area (Å²) < 4.78 is 11.3. The summed E-state index contributed by atoms with van der Waals surface area (Å²) in [7, 11) is 1.60. The second kappa shape index (κ2) is 10.9. The molecule has 37 heavy (non-hydrogen) atoms. The van der Waals surface area contributed by atoms with Crippen molar-refractivity contribution in [3.05, 3.63) is 70.4 Å².